The molecule has 8 heteroatoms. The highest BCUT2D eigenvalue weighted by molar-refractivity contribution is 5.83. The minimum Gasteiger partial charge on any atom is -0.377 e. The molecule has 0 atom stereocenters. The van der Waals surface area contributed by atoms with Gasteiger partial charge in [0.1, 0.15) is 0 Å². The Hall–Kier alpha value is -1.31. The Morgan fingerprint density at radius 3 is 2.23 bits per heavy atom. The molecule has 0 N–H and O–H groups in total. The number of morpholine rings is 1. The van der Waals surface area contributed by atoms with Crippen LogP contribution in [-0.4, -0.2) is 66.2 Å². The van der Waals surface area contributed by atoms with E-state index >= 15 is 0 Å². The quantitative estimate of drug-likeness (QED) is 0.734. The second kappa shape index (κ2) is 6.06. The molecule has 5 nitrogen and oxygen atoms in total. The molecule has 2 fully saturated rings. The van der Waals surface area contributed by atoms with E-state index in [0.717, 1.165) is 4.90 Å². The van der Waals surface area contributed by atoms with E-state index in [2.05, 4.69) is 0 Å². The van der Waals surface area contributed by atoms with Crippen LogP contribution in [0.3, 0.4) is 0 Å². The van der Waals surface area contributed by atoms with Crippen LogP contribution in [-0.2, 0) is 14.3 Å². The Balaban J connectivity index is 1.94. The van der Waals surface area contributed by atoms with Gasteiger partial charge in [-0.15, -0.1) is 0 Å². The lowest BCUT2D eigenvalue weighted by atomic mass is 9.92. The predicted octanol–water partition coefficient (Wildman–Crippen LogP) is 1.42. The van der Waals surface area contributed by atoms with Crippen LogP contribution >= 0.6 is 0 Å². The first-order valence-electron chi connectivity index (χ1n) is 7.38. The number of carbonyl (C=O) groups is 2. The van der Waals surface area contributed by atoms with Crippen LogP contribution in [0.4, 0.5) is 13.2 Å². The highest BCUT2D eigenvalue weighted by Crippen LogP contribution is 2.28. The third-order valence-electron chi connectivity index (χ3n) is 4.29. The average Bonchev–Trinajstić information content (AvgIpc) is 2.44. The molecule has 2 aliphatic rings. The molecule has 2 aliphatic heterocycles. The van der Waals surface area contributed by atoms with E-state index in [1.165, 1.54) is 0 Å². The maximum atomic E-state index is 12.6. The van der Waals surface area contributed by atoms with Crippen LogP contribution in [0.1, 0.15) is 26.7 Å². The summed E-state index contributed by atoms with van der Waals surface area (Å²) in [6.07, 6.45) is -4.30. The van der Waals surface area contributed by atoms with Crippen molar-refractivity contribution >= 4 is 11.8 Å². The average molecular weight is 322 g/mol. The zero-order chi connectivity index (χ0) is 16.5. The number of nitrogens with zero attached hydrogens (tertiary/aromatic N) is 2. The van der Waals surface area contributed by atoms with Gasteiger partial charge >= 0.3 is 12.1 Å². The summed E-state index contributed by atoms with van der Waals surface area (Å²) in [6, 6.07) is 0. The second-order valence-electron chi connectivity index (χ2n) is 6.42. The summed E-state index contributed by atoms with van der Waals surface area (Å²) in [7, 11) is 0. The lowest BCUT2D eigenvalue weighted by Crippen LogP contribution is -2.58. The van der Waals surface area contributed by atoms with E-state index in [9.17, 15) is 22.8 Å². The Labute approximate surface area is 127 Å². The van der Waals surface area contributed by atoms with Gasteiger partial charge in [0.25, 0.3) is 0 Å². The fourth-order valence-electron chi connectivity index (χ4n) is 3.00. The second-order valence-corrected chi connectivity index (χ2v) is 6.42. The van der Waals surface area contributed by atoms with Crippen molar-refractivity contribution in [2.75, 3.05) is 32.8 Å². The van der Waals surface area contributed by atoms with Gasteiger partial charge in [-0.3, -0.25) is 9.59 Å². The molecule has 0 saturated carbocycles. The highest BCUT2D eigenvalue weighted by atomic mass is 19.4. The summed E-state index contributed by atoms with van der Waals surface area (Å²) in [4.78, 5) is 26.3. The predicted molar refractivity (Wildman–Crippen MR) is 72.0 cm³/mol. The molecule has 126 valence electrons. The van der Waals surface area contributed by atoms with E-state index in [0.29, 0.717) is 19.8 Å². The molecule has 0 aromatic carbocycles. The maximum Gasteiger partial charge on any atom is 0.471 e. The van der Waals surface area contributed by atoms with Gasteiger partial charge in [0.15, 0.2) is 0 Å². The van der Waals surface area contributed by atoms with Gasteiger partial charge in [-0.2, -0.15) is 13.2 Å². The molecule has 0 aromatic rings. The number of rotatable bonds is 1. The van der Waals surface area contributed by atoms with Gasteiger partial charge in [-0.1, -0.05) is 0 Å². The van der Waals surface area contributed by atoms with Crippen molar-refractivity contribution < 1.29 is 27.5 Å². The van der Waals surface area contributed by atoms with Crippen LogP contribution in [0, 0.1) is 5.92 Å². The summed E-state index contributed by atoms with van der Waals surface area (Å²) in [5, 5.41) is 0. The number of hydrogen-bond acceptors (Lipinski definition) is 3. The third kappa shape index (κ3) is 3.53. The number of halogens is 3. The van der Waals surface area contributed by atoms with Gasteiger partial charge in [-0.05, 0) is 26.7 Å². The van der Waals surface area contributed by atoms with Crippen LogP contribution in [0.2, 0.25) is 0 Å². The maximum absolute atomic E-state index is 12.6. The fraction of sp³-hybridized carbons (Fsp3) is 0.857. The van der Waals surface area contributed by atoms with Crippen molar-refractivity contribution in [3.05, 3.63) is 0 Å². The summed E-state index contributed by atoms with van der Waals surface area (Å²) in [5.41, 5.74) is -0.408. The van der Waals surface area contributed by atoms with Crippen LogP contribution in [0.25, 0.3) is 0 Å². The summed E-state index contributed by atoms with van der Waals surface area (Å²) in [5.74, 6) is -2.19. The van der Waals surface area contributed by atoms with Crippen molar-refractivity contribution in [2.24, 2.45) is 5.92 Å². The summed E-state index contributed by atoms with van der Waals surface area (Å²) < 4.78 is 42.6. The first-order valence-corrected chi connectivity index (χ1v) is 7.38. The zero-order valence-corrected chi connectivity index (χ0v) is 12.8. The van der Waals surface area contributed by atoms with Gasteiger partial charge in [-0.25, -0.2) is 0 Å². The lowest BCUT2D eigenvalue weighted by molar-refractivity contribution is -0.187. The molecule has 2 amide bonds. The number of hydrogen-bond donors (Lipinski definition) is 0. The van der Waals surface area contributed by atoms with E-state index in [4.69, 9.17) is 4.74 Å². The minimum atomic E-state index is -4.84. The lowest BCUT2D eigenvalue weighted by Gasteiger charge is -2.44. The van der Waals surface area contributed by atoms with E-state index in [1.807, 2.05) is 13.8 Å². The minimum absolute atomic E-state index is 0.0283. The fourth-order valence-corrected chi connectivity index (χ4v) is 3.00. The van der Waals surface area contributed by atoms with Gasteiger partial charge in [0.05, 0.1) is 18.8 Å². The summed E-state index contributed by atoms with van der Waals surface area (Å²) >= 11 is 0. The Kier molecular flexibility index (Phi) is 4.70. The third-order valence-corrected chi connectivity index (χ3v) is 4.29. The van der Waals surface area contributed by atoms with Gasteiger partial charge < -0.3 is 14.5 Å². The molecule has 0 aromatic heterocycles. The van der Waals surface area contributed by atoms with Gasteiger partial charge in [0, 0.05) is 25.6 Å². The summed E-state index contributed by atoms with van der Waals surface area (Å²) in [6.45, 7) is 5.18. The first-order chi connectivity index (χ1) is 10.1. The molecular weight excluding hydrogens is 301 g/mol. The molecule has 22 heavy (non-hydrogen) atoms. The first kappa shape index (κ1) is 17.1. The van der Waals surface area contributed by atoms with Crippen LogP contribution in [0.5, 0.6) is 0 Å². The number of ether oxygens (including phenoxy) is 1. The largest absolute Gasteiger partial charge is 0.471 e. The Morgan fingerprint density at radius 1 is 1.14 bits per heavy atom. The number of likely N-dealkylation sites (tertiary alicyclic amines) is 1. The topological polar surface area (TPSA) is 49.9 Å². The molecule has 0 bridgehead atoms. The SMILES string of the molecule is CC1(C)COCCN1C(=O)C1CCN(C(=O)C(F)(F)F)CC1. The van der Waals surface area contributed by atoms with E-state index < -0.39 is 17.6 Å². The number of carbonyl (C=O) groups excluding carboxylic acids is 2. The van der Waals surface area contributed by atoms with Crippen molar-refractivity contribution in [1.29, 1.82) is 0 Å². The Bertz CT molecular complexity index is 443. The van der Waals surface area contributed by atoms with Crippen molar-refractivity contribution in [1.82, 2.24) is 9.80 Å². The molecule has 0 radical (unpaired) electrons. The smallest absolute Gasteiger partial charge is 0.377 e. The highest BCUT2D eigenvalue weighted by Gasteiger charge is 2.45. The van der Waals surface area contributed by atoms with Crippen LogP contribution < -0.4 is 0 Å². The van der Waals surface area contributed by atoms with E-state index in [-0.39, 0.29) is 37.8 Å². The number of alkyl halides is 3. The molecular formula is C14H21F3N2O3. The molecule has 2 heterocycles. The van der Waals surface area contributed by atoms with Crippen molar-refractivity contribution in [2.45, 2.75) is 38.4 Å². The monoisotopic (exact) mass is 322 g/mol. The zero-order valence-electron chi connectivity index (χ0n) is 12.8. The van der Waals surface area contributed by atoms with Crippen LogP contribution in [0.15, 0.2) is 0 Å². The molecule has 0 aliphatic carbocycles. The molecule has 2 saturated heterocycles. The molecule has 2 rings (SSSR count). The normalized spacial score (nSPS) is 23.5. The van der Waals surface area contributed by atoms with Crippen molar-refractivity contribution in [3.63, 3.8) is 0 Å². The van der Waals surface area contributed by atoms with Gasteiger partial charge in [0.2, 0.25) is 5.91 Å². The standard InChI is InChI=1S/C14H21F3N2O3/c1-13(2)9-22-8-7-19(13)11(20)10-3-5-18(6-4-10)12(21)14(15,16)17/h10H,3-9H2,1-2H3. The number of amides is 2. The van der Waals surface area contributed by atoms with Crippen molar-refractivity contribution in [3.8, 4) is 0 Å². The molecule has 0 spiro atoms. The molecule has 0 unspecified atom stereocenters. The Morgan fingerprint density at radius 2 is 1.73 bits per heavy atom. The van der Waals surface area contributed by atoms with E-state index in [1.54, 1.807) is 4.90 Å². The number of piperidine rings is 1.